The number of carbonyl (C=O) groups excluding carboxylic acids is 2. The second-order valence-electron chi connectivity index (χ2n) is 8.41. The number of fused-ring (bicyclic) bond motifs is 2. The van der Waals surface area contributed by atoms with Crippen molar-refractivity contribution in [3.8, 4) is 11.5 Å². The van der Waals surface area contributed by atoms with E-state index < -0.39 is 47.8 Å². The second-order valence-corrected chi connectivity index (χ2v) is 8.82. The minimum Gasteiger partial charge on any atom is -0.486 e. The third-order valence-corrected chi connectivity index (χ3v) is 7.03. The summed E-state index contributed by atoms with van der Waals surface area (Å²) in [5, 5.41) is 23.4. The molecule has 2 amide bonds. The van der Waals surface area contributed by atoms with Gasteiger partial charge in [-0.15, -0.1) is 0 Å². The fraction of sp³-hybridized carbons (Fsp3) is 0.348. The summed E-state index contributed by atoms with van der Waals surface area (Å²) in [4.78, 5) is 40.4. The van der Waals surface area contributed by atoms with Crippen LogP contribution < -0.4 is 19.7 Å². The van der Waals surface area contributed by atoms with E-state index in [1.54, 1.807) is 37.3 Å². The molecule has 3 aliphatic heterocycles. The molecule has 172 valence electrons. The third kappa shape index (κ3) is 3.11. The van der Waals surface area contributed by atoms with E-state index in [2.05, 4.69) is 5.32 Å². The number of halogens is 1. The number of carbonyl (C=O) groups is 3. The van der Waals surface area contributed by atoms with E-state index in [1.807, 2.05) is 0 Å². The number of carboxylic acid groups (broad SMARTS) is 1. The Kier molecular flexibility index (Phi) is 5.08. The van der Waals surface area contributed by atoms with Crippen molar-refractivity contribution in [1.82, 2.24) is 5.32 Å². The SMILES string of the molecule is Cc1ccc(N2C(=O)C3C(c4ccc5c(c4)OCCO5)NC(CO)(C(=O)O)C3C2=O)cc1Cl. The number of nitrogens with zero attached hydrogens (tertiary/aromatic N) is 1. The van der Waals surface area contributed by atoms with Gasteiger partial charge in [-0.2, -0.15) is 0 Å². The van der Waals surface area contributed by atoms with E-state index >= 15 is 0 Å². The summed E-state index contributed by atoms with van der Waals surface area (Å²) in [6, 6.07) is 8.96. The molecule has 0 saturated carbocycles. The van der Waals surface area contributed by atoms with Crippen molar-refractivity contribution in [2.75, 3.05) is 24.7 Å². The van der Waals surface area contributed by atoms with Crippen LogP contribution in [0.2, 0.25) is 5.02 Å². The molecule has 4 unspecified atom stereocenters. The number of aliphatic carboxylic acids is 1. The molecule has 2 aromatic carbocycles. The van der Waals surface area contributed by atoms with E-state index in [4.69, 9.17) is 21.1 Å². The summed E-state index contributed by atoms with van der Waals surface area (Å²) >= 11 is 6.21. The van der Waals surface area contributed by atoms with Crippen LogP contribution in [0.25, 0.3) is 0 Å². The van der Waals surface area contributed by atoms with Gasteiger partial charge in [0.05, 0.1) is 24.1 Å². The molecular formula is C23H21ClN2O7. The van der Waals surface area contributed by atoms with Crippen molar-refractivity contribution in [3.63, 3.8) is 0 Å². The van der Waals surface area contributed by atoms with Gasteiger partial charge >= 0.3 is 5.97 Å². The molecule has 4 atom stereocenters. The molecule has 2 saturated heterocycles. The molecule has 2 aromatic rings. The maximum atomic E-state index is 13.6. The fourth-order valence-corrected chi connectivity index (χ4v) is 5.10. The quantitative estimate of drug-likeness (QED) is 0.574. The van der Waals surface area contributed by atoms with Crippen molar-refractivity contribution in [1.29, 1.82) is 0 Å². The van der Waals surface area contributed by atoms with Crippen LogP contribution in [0.5, 0.6) is 11.5 Å². The number of hydrogen-bond acceptors (Lipinski definition) is 7. The largest absolute Gasteiger partial charge is 0.486 e. The Hall–Kier alpha value is -3.14. The Labute approximate surface area is 193 Å². The number of ether oxygens (including phenoxy) is 2. The first-order valence-corrected chi connectivity index (χ1v) is 10.8. The van der Waals surface area contributed by atoms with Crippen LogP contribution in [-0.2, 0) is 14.4 Å². The Balaban J connectivity index is 1.62. The lowest BCUT2D eigenvalue weighted by Gasteiger charge is -2.29. The molecule has 2 fully saturated rings. The van der Waals surface area contributed by atoms with Gasteiger partial charge in [-0.05, 0) is 42.3 Å². The molecule has 9 nitrogen and oxygen atoms in total. The van der Waals surface area contributed by atoms with Gasteiger partial charge in [-0.25, -0.2) is 4.90 Å². The molecule has 0 aliphatic carbocycles. The predicted molar refractivity (Wildman–Crippen MR) is 116 cm³/mol. The molecule has 3 heterocycles. The van der Waals surface area contributed by atoms with Crippen LogP contribution >= 0.6 is 11.6 Å². The van der Waals surface area contributed by atoms with Gasteiger partial charge < -0.3 is 19.7 Å². The minimum absolute atomic E-state index is 0.258. The Morgan fingerprint density at radius 1 is 1.15 bits per heavy atom. The van der Waals surface area contributed by atoms with Gasteiger partial charge in [-0.3, -0.25) is 19.7 Å². The summed E-state index contributed by atoms with van der Waals surface area (Å²) in [5.41, 5.74) is -0.451. The predicted octanol–water partition coefficient (Wildman–Crippen LogP) is 1.69. The second kappa shape index (κ2) is 7.72. The average molecular weight is 473 g/mol. The summed E-state index contributed by atoms with van der Waals surface area (Å²) in [7, 11) is 0. The Morgan fingerprint density at radius 2 is 1.88 bits per heavy atom. The van der Waals surface area contributed by atoms with Crippen LogP contribution in [0.3, 0.4) is 0 Å². The normalized spacial score (nSPS) is 28.2. The van der Waals surface area contributed by atoms with Gasteiger partial charge in [0.1, 0.15) is 13.2 Å². The van der Waals surface area contributed by atoms with E-state index in [-0.39, 0.29) is 5.69 Å². The smallest absolute Gasteiger partial charge is 0.327 e. The summed E-state index contributed by atoms with van der Waals surface area (Å²) < 4.78 is 11.2. The number of rotatable bonds is 4. The monoisotopic (exact) mass is 472 g/mol. The molecule has 33 heavy (non-hydrogen) atoms. The van der Waals surface area contributed by atoms with E-state index in [0.29, 0.717) is 35.3 Å². The zero-order chi connectivity index (χ0) is 23.5. The summed E-state index contributed by atoms with van der Waals surface area (Å²) in [6.45, 7) is 1.69. The lowest BCUT2D eigenvalue weighted by Crippen LogP contribution is -2.58. The molecule has 10 heteroatoms. The van der Waals surface area contributed by atoms with Gasteiger partial charge in [-0.1, -0.05) is 23.7 Å². The highest BCUT2D eigenvalue weighted by Crippen LogP contribution is 2.50. The zero-order valence-electron chi connectivity index (χ0n) is 17.6. The molecule has 0 aromatic heterocycles. The topological polar surface area (TPSA) is 125 Å². The van der Waals surface area contributed by atoms with Gasteiger partial charge in [0.2, 0.25) is 11.8 Å². The lowest BCUT2D eigenvalue weighted by atomic mass is 9.79. The first kappa shape index (κ1) is 21.7. The standard InChI is InChI=1S/C23H21ClN2O7/c1-11-2-4-13(9-14(11)24)26-20(28)17-18(21(26)29)23(10-27,22(30)31)25-19(17)12-3-5-15-16(8-12)33-7-6-32-15/h2-5,8-9,17-19,25,27H,6-7,10H2,1H3,(H,30,31). The van der Waals surface area contributed by atoms with Crippen molar-refractivity contribution in [2.24, 2.45) is 11.8 Å². The Bertz CT molecular complexity index is 1190. The zero-order valence-corrected chi connectivity index (χ0v) is 18.3. The van der Waals surface area contributed by atoms with Crippen LogP contribution in [0.4, 0.5) is 5.69 Å². The molecular weight excluding hydrogens is 452 g/mol. The number of aryl methyl sites for hydroxylation is 1. The molecule has 3 aliphatic rings. The number of hydrogen-bond donors (Lipinski definition) is 3. The number of carboxylic acids is 1. The maximum Gasteiger partial charge on any atom is 0.327 e. The van der Waals surface area contributed by atoms with Gasteiger partial charge in [0.15, 0.2) is 17.0 Å². The Morgan fingerprint density at radius 3 is 2.55 bits per heavy atom. The van der Waals surface area contributed by atoms with E-state index in [9.17, 15) is 24.6 Å². The van der Waals surface area contributed by atoms with Gasteiger partial charge in [0.25, 0.3) is 0 Å². The number of anilines is 1. The van der Waals surface area contributed by atoms with Crippen LogP contribution in [-0.4, -0.2) is 53.4 Å². The summed E-state index contributed by atoms with van der Waals surface area (Å²) in [6.07, 6.45) is 0. The van der Waals surface area contributed by atoms with Crippen LogP contribution in [0, 0.1) is 18.8 Å². The van der Waals surface area contributed by atoms with Crippen molar-refractivity contribution in [3.05, 3.63) is 52.5 Å². The molecule has 0 radical (unpaired) electrons. The van der Waals surface area contributed by atoms with Crippen LogP contribution in [0.1, 0.15) is 17.2 Å². The summed E-state index contributed by atoms with van der Waals surface area (Å²) in [5.74, 6) is -4.04. The van der Waals surface area contributed by atoms with E-state index in [1.165, 1.54) is 6.07 Å². The average Bonchev–Trinajstić information content (AvgIpc) is 3.30. The fourth-order valence-electron chi connectivity index (χ4n) is 4.93. The highest BCUT2D eigenvalue weighted by molar-refractivity contribution is 6.32. The number of nitrogens with one attached hydrogen (secondary N) is 1. The highest BCUT2D eigenvalue weighted by Gasteiger charge is 2.68. The molecule has 3 N–H and O–H groups in total. The molecule has 5 rings (SSSR count). The molecule has 0 spiro atoms. The number of amides is 2. The lowest BCUT2D eigenvalue weighted by molar-refractivity contribution is -0.150. The first-order valence-electron chi connectivity index (χ1n) is 10.4. The van der Waals surface area contributed by atoms with Crippen molar-refractivity contribution < 1.29 is 34.1 Å². The number of aliphatic hydroxyl groups excluding tert-OH is 1. The highest BCUT2D eigenvalue weighted by atomic mass is 35.5. The van der Waals surface area contributed by atoms with Gasteiger partial charge in [0, 0.05) is 11.1 Å². The maximum absolute atomic E-state index is 13.6. The van der Waals surface area contributed by atoms with Crippen molar-refractivity contribution >= 4 is 35.1 Å². The third-order valence-electron chi connectivity index (χ3n) is 6.62. The first-order chi connectivity index (χ1) is 15.8. The van der Waals surface area contributed by atoms with Crippen LogP contribution in [0.15, 0.2) is 36.4 Å². The number of aliphatic hydroxyl groups is 1. The van der Waals surface area contributed by atoms with Crippen molar-refractivity contribution in [2.45, 2.75) is 18.5 Å². The van der Waals surface area contributed by atoms with E-state index in [0.717, 1.165) is 10.5 Å². The number of benzene rings is 2. The molecule has 0 bridgehead atoms. The number of imide groups is 1. The minimum atomic E-state index is -2.03.